The van der Waals surface area contributed by atoms with Crippen LogP contribution < -0.4 is 5.73 Å². The average molecular weight is 248 g/mol. The molecule has 1 aliphatic heterocycles. The molecule has 18 heavy (non-hydrogen) atoms. The van der Waals surface area contributed by atoms with Crippen LogP contribution >= 0.6 is 0 Å². The molecular formula is C14H20N2O2. The van der Waals surface area contributed by atoms with Crippen molar-refractivity contribution in [2.75, 3.05) is 19.7 Å². The van der Waals surface area contributed by atoms with E-state index in [9.17, 15) is 4.79 Å². The third-order valence-electron chi connectivity index (χ3n) is 3.25. The highest BCUT2D eigenvalue weighted by Crippen LogP contribution is 2.25. The number of likely N-dealkylation sites (tertiary alicyclic amines) is 1. The van der Waals surface area contributed by atoms with E-state index in [4.69, 9.17) is 10.5 Å². The molecule has 0 aromatic heterocycles. The Labute approximate surface area is 108 Å². The van der Waals surface area contributed by atoms with Gasteiger partial charge in [-0.3, -0.25) is 4.90 Å². The Morgan fingerprint density at radius 1 is 1.50 bits per heavy atom. The molecule has 1 aromatic rings. The van der Waals surface area contributed by atoms with Crippen LogP contribution in [0.3, 0.4) is 0 Å². The number of carbonyl (C=O) groups excluding carboxylic acids is 1. The number of nitrogens with zero attached hydrogens (tertiary/aromatic N) is 1. The van der Waals surface area contributed by atoms with E-state index in [1.165, 1.54) is 0 Å². The fourth-order valence-corrected chi connectivity index (χ4v) is 2.40. The third kappa shape index (κ3) is 2.89. The van der Waals surface area contributed by atoms with Gasteiger partial charge >= 0.3 is 5.97 Å². The Kier molecular flexibility index (Phi) is 4.33. The van der Waals surface area contributed by atoms with Gasteiger partial charge in [-0.05, 0) is 18.9 Å². The zero-order valence-electron chi connectivity index (χ0n) is 10.7. The van der Waals surface area contributed by atoms with E-state index in [2.05, 4.69) is 4.90 Å². The van der Waals surface area contributed by atoms with Crippen molar-refractivity contribution in [3.63, 3.8) is 0 Å². The van der Waals surface area contributed by atoms with Crippen LogP contribution in [-0.2, 0) is 9.53 Å². The first kappa shape index (κ1) is 13.1. The first-order valence-electron chi connectivity index (χ1n) is 6.43. The number of hydrogen-bond donors (Lipinski definition) is 1. The molecule has 2 N–H and O–H groups in total. The molecule has 0 saturated carbocycles. The number of rotatable bonds is 4. The second kappa shape index (κ2) is 5.98. The number of nitrogens with two attached hydrogens (primary N) is 1. The maximum Gasteiger partial charge on any atom is 0.328 e. The Bertz CT molecular complexity index is 394. The maximum absolute atomic E-state index is 12.1. The molecule has 4 heteroatoms. The molecule has 2 atom stereocenters. The second-order valence-electron chi connectivity index (χ2n) is 4.61. The van der Waals surface area contributed by atoms with Crippen LogP contribution in [0.25, 0.3) is 0 Å². The summed E-state index contributed by atoms with van der Waals surface area (Å²) < 4.78 is 5.18. The lowest BCUT2D eigenvalue weighted by atomic mass is 10.1. The first-order valence-corrected chi connectivity index (χ1v) is 6.43. The molecule has 1 fully saturated rings. The SMILES string of the molecule is CCOC(=O)C(c1ccccc1)N1CCC(N)C1. The molecular weight excluding hydrogens is 228 g/mol. The summed E-state index contributed by atoms with van der Waals surface area (Å²) in [6, 6.07) is 9.60. The molecule has 4 nitrogen and oxygen atoms in total. The monoisotopic (exact) mass is 248 g/mol. The molecule has 0 aliphatic carbocycles. The predicted octanol–water partition coefficient (Wildman–Crippen LogP) is 1.32. The molecule has 0 spiro atoms. The summed E-state index contributed by atoms with van der Waals surface area (Å²) in [5.74, 6) is -0.183. The van der Waals surface area contributed by atoms with Crippen molar-refractivity contribution in [2.24, 2.45) is 5.73 Å². The number of carbonyl (C=O) groups is 1. The molecule has 0 bridgehead atoms. The molecule has 1 aromatic carbocycles. The molecule has 1 heterocycles. The zero-order chi connectivity index (χ0) is 13.0. The quantitative estimate of drug-likeness (QED) is 0.817. The van der Waals surface area contributed by atoms with E-state index in [0.717, 1.165) is 25.1 Å². The van der Waals surface area contributed by atoms with Crippen molar-refractivity contribution >= 4 is 5.97 Å². The van der Waals surface area contributed by atoms with Gasteiger partial charge in [0.05, 0.1) is 6.61 Å². The molecule has 0 amide bonds. The third-order valence-corrected chi connectivity index (χ3v) is 3.25. The largest absolute Gasteiger partial charge is 0.465 e. The predicted molar refractivity (Wildman–Crippen MR) is 70.0 cm³/mol. The van der Waals surface area contributed by atoms with Crippen molar-refractivity contribution in [3.05, 3.63) is 35.9 Å². The van der Waals surface area contributed by atoms with Crippen molar-refractivity contribution in [3.8, 4) is 0 Å². The summed E-state index contributed by atoms with van der Waals surface area (Å²) >= 11 is 0. The fourth-order valence-electron chi connectivity index (χ4n) is 2.40. The Morgan fingerprint density at radius 2 is 2.22 bits per heavy atom. The highest BCUT2D eigenvalue weighted by Gasteiger charge is 2.33. The number of benzene rings is 1. The van der Waals surface area contributed by atoms with Gasteiger partial charge in [-0.15, -0.1) is 0 Å². The van der Waals surface area contributed by atoms with Gasteiger partial charge in [0.15, 0.2) is 0 Å². The van der Waals surface area contributed by atoms with Crippen LogP contribution in [0.4, 0.5) is 0 Å². The number of esters is 1. The van der Waals surface area contributed by atoms with Gasteiger partial charge < -0.3 is 10.5 Å². The minimum absolute atomic E-state index is 0.158. The lowest BCUT2D eigenvalue weighted by Gasteiger charge is -2.26. The highest BCUT2D eigenvalue weighted by atomic mass is 16.5. The van der Waals surface area contributed by atoms with Gasteiger partial charge in [-0.2, -0.15) is 0 Å². The smallest absolute Gasteiger partial charge is 0.328 e. The topological polar surface area (TPSA) is 55.6 Å². The van der Waals surface area contributed by atoms with Crippen LogP contribution in [0.1, 0.15) is 24.9 Å². The Hall–Kier alpha value is -1.39. The van der Waals surface area contributed by atoms with Gasteiger partial charge in [-0.1, -0.05) is 30.3 Å². The minimum atomic E-state index is -0.320. The van der Waals surface area contributed by atoms with E-state index >= 15 is 0 Å². The Balaban J connectivity index is 2.20. The fraction of sp³-hybridized carbons (Fsp3) is 0.500. The highest BCUT2D eigenvalue weighted by molar-refractivity contribution is 5.77. The van der Waals surface area contributed by atoms with Gasteiger partial charge in [0.1, 0.15) is 6.04 Å². The number of ether oxygens (including phenoxy) is 1. The van der Waals surface area contributed by atoms with E-state index in [1.54, 1.807) is 0 Å². The normalized spacial score (nSPS) is 21.8. The molecule has 1 aliphatic rings. The maximum atomic E-state index is 12.1. The van der Waals surface area contributed by atoms with Crippen LogP contribution in [0.5, 0.6) is 0 Å². The van der Waals surface area contributed by atoms with Crippen molar-refractivity contribution in [1.29, 1.82) is 0 Å². The summed E-state index contributed by atoms with van der Waals surface area (Å²) in [7, 11) is 0. The molecule has 2 rings (SSSR count). The van der Waals surface area contributed by atoms with Crippen LogP contribution in [-0.4, -0.2) is 36.6 Å². The summed E-state index contributed by atoms with van der Waals surface area (Å²) in [5, 5.41) is 0. The minimum Gasteiger partial charge on any atom is -0.465 e. The molecule has 98 valence electrons. The van der Waals surface area contributed by atoms with E-state index < -0.39 is 0 Å². The summed E-state index contributed by atoms with van der Waals surface area (Å²) in [5.41, 5.74) is 6.90. The van der Waals surface area contributed by atoms with Crippen LogP contribution in [0.2, 0.25) is 0 Å². The Morgan fingerprint density at radius 3 is 2.78 bits per heavy atom. The first-order chi connectivity index (χ1) is 8.72. The zero-order valence-corrected chi connectivity index (χ0v) is 10.7. The number of hydrogen-bond acceptors (Lipinski definition) is 4. The van der Waals surface area contributed by atoms with Crippen LogP contribution in [0, 0.1) is 0 Å². The second-order valence-corrected chi connectivity index (χ2v) is 4.61. The van der Waals surface area contributed by atoms with Crippen molar-refractivity contribution < 1.29 is 9.53 Å². The lowest BCUT2D eigenvalue weighted by molar-refractivity contribution is -0.149. The van der Waals surface area contributed by atoms with Crippen molar-refractivity contribution in [2.45, 2.75) is 25.4 Å². The van der Waals surface area contributed by atoms with E-state index in [0.29, 0.717) is 6.61 Å². The summed E-state index contributed by atoms with van der Waals surface area (Å²) in [4.78, 5) is 14.2. The van der Waals surface area contributed by atoms with Gasteiger partial charge in [-0.25, -0.2) is 4.79 Å². The standard InChI is InChI=1S/C14H20N2O2/c1-2-18-14(17)13(11-6-4-3-5-7-11)16-9-8-12(15)10-16/h3-7,12-13H,2,8-10,15H2,1H3. The van der Waals surface area contributed by atoms with Gasteiger partial charge in [0.2, 0.25) is 0 Å². The van der Waals surface area contributed by atoms with Gasteiger partial charge in [0, 0.05) is 19.1 Å². The summed E-state index contributed by atoms with van der Waals surface area (Å²) in [6.45, 7) is 3.83. The van der Waals surface area contributed by atoms with E-state index in [-0.39, 0.29) is 18.1 Å². The van der Waals surface area contributed by atoms with Crippen LogP contribution in [0.15, 0.2) is 30.3 Å². The van der Waals surface area contributed by atoms with E-state index in [1.807, 2.05) is 37.3 Å². The summed E-state index contributed by atoms with van der Waals surface area (Å²) in [6.07, 6.45) is 0.933. The molecule has 1 saturated heterocycles. The van der Waals surface area contributed by atoms with Crippen molar-refractivity contribution in [1.82, 2.24) is 4.90 Å². The average Bonchev–Trinajstić information content (AvgIpc) is 2.78. The van der Waals surface area contributed by atoms with Gasteiger partial charge in [0.25, 0.3) is 0 Å². The molecule has 2 unspecified atom stereocenters. The molecule has 0 radical (unpaired) electrons. The lowest BCUT2D eigenvalue weighted by Crippen LogP contribution is -2.35.